The Bertz CT molecular complexity index is 1360. The monoisotopic (exact) mass is 464 g/mol. The van der Waals surface area contributed by atoms with Crippen LogP contribution in [0.5, 0.6) is 0 Å². The number of allylic oxidation sites excluding steroid dienone is 1. The maximum Gasteiger partial charge on any atom is 0.263 e. The number of carbonyl (C=O) groups is 1. The lowest BCUT2D eigenvalue weighted by molar-refractivity contribution is -0.114. The van der Waals surface area contributed by atoms with Crippen molar-refractivity contribution < 1.29 is 14.3 Å². The minimum Gasteiger partial charge on any atom is -0.388 e. The van der Waals surface area contributed by atoms with Gasteiger partial charge in [-0.15, -0.1) is 0 Å². The number of aryl methyl sites for hydroxylation is 2. The van der Waals surface area contributed by atoms with Crippen molar-refractivity contribution in [2.45, 2.75) is 27.7 Å². The Morgan fingerprint density at radius 2 is 1.94 bits per heavy atom. The summed E-state index contributed by atoms with van der Waals surface area (Å²) in [5, 5.41) is 15.8. The average molecular weight is 465 g/mol. The van der Waals surface area contributed by atoms with E-state index >= 15 is 4.39 Å². The van der Waals surface area contributed by atoms with Crippen LogP contribution in [0, 0.1) is 19.7 Å². The third-order valence-corrected chi connectivity index (χ3v) is 5.72. The van der Waals surface area contributed by atoms with E-state index in [2.05, 4.69) is 11.7 Å². The molecule has 0 bridgehead atoms. The van der Waals surface area contributed by atoms with E-state index in [1.54, 1.807) is 19.2 Å². The first-order valence-electron chi connectivity index (χ1n) is 10.9. The van der Waals surface area contributed by atoms with Crippen molar-refractivity contribution in [3.05, 3.63) is 76.0 Å². The fourth-order valence-electron chi connectivity index (χ4n) is 3.82. The van der Waals surface area contributed by atoms with Crippen LogP contribution in [-0.2, 0) is 4.79 Å². The highest BCUT2D eigenvalue weighted by Gasteiger charge is 2.18. The number of hydrogen-bond acceptors (Lipinski definition) is 5. The number of halogens is 1. The number of aliphatic hydroxyl groups is 1. The maximum atomic E-state index is 15.3. The number of aliphatic hydroxyl groups excluding tert-OH is 1. The van der Waals surface area contributed by atoms with Gasteiger partial charge in [0.25, 0.3) is 5.56 Å². The average Bonchev–Trinajstić information content (AvgIpc) is 2.80. The third kappa shape index (κ3) is 4.63. The van der Waals surface area contributed by atoms with Gasteiger partial charge in [0.15, 0.2) is 5.84 Å². The van der Waals surface area contributed by atoms with Gasteiger partial charge in [0.2, 0.25) is 6.41 Å². The van der Waals surface area contributed by atoms with Crippen molar-refractivity contribution in [1.82, 2.24) is 9.47 Å². The van der Waals surface area contributed by atoms with E-state index in [9.17, 15) is 14.7 Å². The summed E-state index contributed by atoms with van der Waals surface area (Å²) in [7, 11) is 1.51. The van der Waals surface area contributed by atoms with Gasteiger partial charge in [-0.3, -0.25) is 24.1 Å². The van der Waals surface area contributed by atoms with E-state index < -0.39 is 12.4 Å². The van der Waals surface area contributed by atoms with Crippen molar-refractivity contribution in [2.75, 3.05) is 25.2 Å². The van der Waals surface area contributed by atoms with Crippen LogP contribution in [0.15, 0.2) is 53.0 Å². The molecule has 3 aromatic rings. The second-order valence-corrected chi connectivity index (χ2v) is 8.23. The lowest BCUT2D eigenvalue weighted by Gasteiger charge is -2.21. The van der Waals surface area contributed by atoms with Crippen LogP contribution in [0.3, 0.4) is 0 Å². The first kappa shape index (κ1) is 24.9. The standard InChI is InChI=1S/C26H29FN4O3/c1-7-30(15-33)25(14-32)28-29(6)24-12-19-20(11-22(24)27)26(34)31(13-21(19)16(2)3)23-10-17(4)8-9-18(23)5/h8-13,15,32H,2,7,14H2,1,3-6H3/b28-25-. The molecule has 0 fully saturated rings. The highest BCUT2D eigenvalue weighted by molar-refractivity contribution is 5.96. The summed E-state index contributed by atoms with van der Waals surface area (Å²) in [6.45, 7) is 11.3. The zero-order valence-electron chi connectivity index (χ0n) is 20.1. The minimum atomic E-state index is -0.659. The smallest absolute Gasteiger partial charge is 0.263 e. The van der Waals surface area contributed by atoms with Gasteiger partial charge in [0.05, 0.1) is 16.8 Å². The topological polar surface area (TPSA) is 78.1 Å². The van der Waals surface area contributed by atoms with Crippen molar-refractivity contribution in [3.63, 3.8) is 0 Å². The van der Waals surface area contributed by atoms with Gasteiger partial charge in [-0.05, 0) is 68.0 Å². The molecular weight excluding hydrogens is 435 g/mol. The number of hydrazone groups is 1. The largest absolute Gasteiger partial charge is 0.388 e. The second kappa shape index (κ2) is 10.0. The number of fused-ring (bicyclic) bond motifs is 1. The number of carbonyl (C=O) groups excluding carboxylic acids is 1. The van der Waals surface area contributed by atoms with Crippen molar-refractivity contribution in [3.8, 4) is 5.69 Å². The van der Waals surface area contributed by atoms with Crippen molar-refractivity contribution in [2.24, 2.45) is 5.10 Å². The number of aromatic nitrogens is 1. The molecule has 1 heterocycles. The van der Waals surface area contributed by atoms with Gasteiger partial charge in [-0.1, -0.05) is 18.7 Å². The van der Waals surface area contributed by atoms with Crippen LogP contribution in [0.2, 0.25) is 0 Å². The molecule has 7 nitrogen and oxygen atoms in total. The number of amidine groups is 1. The molecule has 0 aliphatic carbocycles. The number of pyridine rings is 1. The Labute approximate surface area is 198 Å². The third-order valence-electron chi connectivity index (χ3n) is 5.72. The predicted octanol–water partition coefficient (Wildman–Crippen LogP) is 4.00. The lowest BCUT2D eigenvalue weighted by Crippen LogP contribution is -2.34. The van der Waals surface area contributed by atoms with E-state index in [4.69, 9.17) is 0 Å². The lowest BCUT2D eigenvalue weighted by atomic mass is 10.0. The first-order valence-corrected chi connectivity index (χ1v) is 10.9. The number of amides is 1. The van der Waals surface area contributed by atoms with Crippen LogP contribution in [-0.4, -0.2) is 47.0 Å². The highest BCUT2D eigenvalue weighted by Crippen LogP contribution is 2.30. The molecule has 2 aromatic carbocycles. The summed E-state index contributed by atoms with van der Waals surface area (Å²) < 4.78 is 16.8. The molecule has 1 N–H and O–H groups in total. The Hall–Kier alpha value is -3.78. The van der Waals surface area contributed by atoms with Gasteiger partial charge in [0, 0.05) is 25.4 Å². The Morgan fingerprint density at radius 1 is 1.24 bits per heavy atom. The van der Waals surface area contributed by atoms with E-state index in [1.807, 2.05) is 39.0 Å². The van der Waals surface area contributed by atoms with E-state index in [-0.39, 0.29) is 22.5 Å². The van der Waals surface area contributed by atoms with Crippen molar-refractivity contribution >= 4 is 34.3 Å². The van der Waals surface area contributed by atoms with Gasteiger partial charge >= 0.3 is 0 Å². The molecule has 8 heteroatoms. The predicted molar refractivity (Wildman–Crippen MR) is 135 cm³/mol. The zero-order chi connectivity index (χ0) is 25.2. The Kier molecular flexibility index (Phi) is 7.32. The van der Waals surface area contributed by atoms with Crippen LogP contribution >= 0.6 is 0 Å². The molecule has 0 saturated heterocycles. The molecule has 1 amide bonds. The number of anilines is 1. The van der Waals surface area contributed by atoms with Crippen molar-refractivity contribution in [1.29, 1.82) is 0 Å². The molecule has 0 radical (unpaired) electrons. The quantitative estimate of drug-likeness (QED) is 0.248. The van der Waals surface area contributed by atoms with Gasteiger partial charge in [-0.25, -0.2) is 4.39 Å². The molecule has 0 saturated carbocycles. The van der Waals surface area contributed by atoms with Crippen LogP contribution in [0.25, 0.3) is 22.0 Å². The molecular formula is C26H29FN4O3. The fraction of sp³-hybridized carbons (Fsp3) is 0.269. The number of hydrogen-bond donors (Lipinski definition) is 1. The van der Waals surface area contributed by atoms with Gasteiger partial charge in [-0.2, -0.15) is 5.10 Å². The number of nitrogens with zero attached hydrogens (tertiary/aromatic N) is 4. The van der Waals surface area contributed by atoms with Gasteiger partial charge in [0.1, 0.15) is 12.4 Å². The fourth-order valence-corrected chi connectivity index (χ4v) is 3.82. The normalized spacial score (nSPS) is 11.6. The minimum absolute atomic E-state index is 0.0740. The van der Waals surface area contributed by atoms with E-state index in [1.165, 1.54) is 27.6 Å². The molecule has 178 valence electrons. The zero-order valence-corrected chi connectivity index (χ0v) is 20.1. The highest BCUT2D eigenvalue weighted by atomic mass is 19.1. The molecule has 0 aliphatic rings. The molecule has 0 spiro atoms. The summed E-state index contributed by atoms with van der Waals surface area (Å²) >= 11 is 0. The van der Waals surface area contributed by atoms with Crippen LogP contribution in [0.1, 0.15) is 30.5 Å². The van der Waals surface area contributed by atoms with Crippen LogP contribution < -0.4 is 10.6 Å². The Morgan fingerprint density at radius 3 is 2.53 bits per heavy atom. The maximum absolute atomic E-state index is 15.3. The van der Waals surface area contributed by atoms with E-state index in [0.29, 0.717) is 29.5 Å². The number of likely N-dealkylation sites (N-methyl/N-ethyl adjacent to an activating group) is 1. The summed E-state index contributed by atoms with van der Waals surface area (Å²) in [5.74, 6) is -0.585. The SMILES string of the molecule is C=C(C)c1cn(-c2cc(C)ccc2C)c(=O)c2cc(F)c(N(C)/N=C(/CO)N(C=O)CC)cc12. The molecule has 0 unspecified atom stereocenters. The Balaban J connectivity index is 2.27. The number of benzene rings is 2. The number of rotatable bonds is 7. The van der Waals surface area contributed by atoms with Gasteiger partial charge < -0.3 is 5.11 Å². The second-order valence-electron chi connectivity index (χ2n) is 8.23. The van der Waals surface area contributed by atoms with E-state index in [0.717, 1.165) is 16.8 Å². The summed E-state index contributed by atoms with van der Waals surface area (Å²) in [5.41, 5.74) is 3.79. The molecule has 0 aliphatic heterocycles. The molecule has 1 aromatic heterocycles. The first-order chi connectivity index (χ1) is 16.1. The summed E-state index contributed by atoms with van der Waals surface area (Å²) in [6, 6.07) is 8.57. The summed E-state index contributed by atoms with van der Waals surface area (Å²) in [6.07, 6.45) is 2.28. The molecule has 0 atom stereocenters. The van der Waals surface area contributed by atoms with Crippen LogP contribution in [0.4, 0.5) is 10.1 Å². The molecule has 3 rings (SSSR count). The summed E-state index contributed by atoms with van der Waals surface area (Å²) in [4.78, 5) is 25.9. The molecule has 34 heavy (non-hydrogen) atoms.